The van der Waals surface area contributed by atoms with Gasteiger partial charge < -0.3 is 5.32 Å². The van der Waals surface area contributed by atoms with Gasteiger partial charge in [0.15, 0.2) is 0 Å². The van der Waals surface area contributed by atoms with Crippen LogP contribution in [0.5, 0.6) is 0 Å². The first-order valence-corrected chi connectivity index (χ1v) is 3.24. The number of rotatable bonds is 2. The zero-order valence-corrected chi connectivity index (χ0v) is 5.54. The molecule has 0 aromatic rings. The van der Waals surface area contributed by atoms with E-state index in [1.165, 1.54) is 6.42 Å². The second kappa shape index (κ2) is 3.22. The van der Waals surface area contributed by atoms with Gasteiger partial charge in [-0.25, -0.2) is 0 Å². The van der Waals surface area contributed by atoms with E-state index in [-0.39, 0.29) is 0 Å². The van der Waals surface area contributed by atoms with E-state index in [4.69, 9.17) is 0 Å². The third-order valence-corrected chi connectivity index (χ3v) is 1.26. The van der Waals surface area contributed by atoms with E-state index in [0.29, 0.717) is 6.04 Å². The van der Waals surface area contributed by atoms with Gasteiger partial charge in [0.1, 0.15) is 6.34 Å². The van der Waals surface area contributed by atoms with Gasteiger partial charge in [-0.1, -0.05) is 13.3 Å². The lowest BCUT2D eigenvalue weighted by atomic mass is 10.2. The van der Waals surface area contributed by atoms with E-state index in [0.717, 1.165) is 6.42 Å². The highest BCUT2D eigenvalue weighted by atomic mass is 15.3. The smallest absolute Gasteiger partial charge is 0.111 e. The molecule has 1 aliphatic heterocycles. The molecular formula is C6H11N3. The first-order chi connectivity index (χ1) is 4.43. The van der Waals surface area contributed by atoms with Crippen molar-refractivity contribution in [2.45, 2.75) is 25.8 Å². The monoisotopic (exact) mass is 125 g/mol. The van der Waals surface area contributed by atoms with Gasteiger partial charge in [0.25, 0.3) is 0 Å². The first-order valence-electron chi connectivity index (χ1n) is 3.24. The number of nitrogens with one attached hydrogen (secondary N) is 1. The molecule has 0 radical (unpaired) electrons. The van der Waals surface area contributed by atoms with Crippen LogP contribution in [0.25, 0.3) is 0 Å². The molecule has 1 rings (SSSR count). The highest BCUT2D eigenvalue weighted by molar-refractivity contribution is 5.73. The average molecular weight is 125 g/mol. The van der Waals surface area contributed by atoms with Gasteiger partial charge in [-0.3, -0.25) is 0 Å². The molecule has 0 aromatic carbocycles. The number of hydrogen-bond acceptors (Lipinski definition) is 3. The van der Waals surface area contributed by atoms with Crippen molar-refractivity contribution in [1.82, 2.24) is 5.32 Å². The minimum atomic E-state index is 0.410. The molecule has 1 N–H and O–H groups in total. The molecule has 0 saturated heterocycles. The molecule has 9 heavy (non-hydrogen) atoms. The van der Waals surface area contributed by atoms with Crippen LogP contribution in [0.1, 0.15) is 19.8 Å². The Morgan fingerprint density at radius 3 is 3.00 bits per heavy atom. The summed E-state index contributed by atoms with van der Waals surface area (Å²) in [6, 6.07) is 0.410. The number of nitrogens with zero attached hydrogens (tertiary/aromatic N) is 2. The second-order valence-electron chi connectivity index (χ2n) is 2.07. The van der Waals surface area contributed by atoms with Crippen LogP contribution in [0.3, 0.4) is 0 Å². The topological polar surface area (TPSA) is 36.8 Å². The summed E-state index contributed by atoms with van der Waals surface area (Å²) >= 11 is 0. The molecule has 1 atom stereocenters. The molecular weight excluding hydrogens is 114 g/mol. The maximum absolute atomic E-state index is 3.76. The SMILES string of the molecule is CCCC1C=NN=CN1. The van der Waals surface area contributed by atoms with Crippen molar-refractivity contribution in [3.8, 4) is 0 Å². The largest absolute Gasteiger partial charge is 0.367 e. The molecule has 1 heterocycles. The maximum Gasteiger partial charge on any atom is 0.111 e. The molecule has 3 nitrogen and oxygen atoms in total. The second-order valence-corrected chi connectivity index (χ2v) is 2.07. The number of hydrogen-bond donors (Lipinski definition) is 1. The van der Waals surface area contributed by atoms with Gasteiger partial charge in [-0.2, -0.15) is 5.10 Å². The fourth-order valence-corrected chi connectivity index (χ4v) is 0.793. The van der Waals surface area contributed by atoms with Crippen LogP contribution in [0.15, 0.2) is 10.2 Å². The minimum Gasteiger partial charge on any atom is -0.367 e. The van der Waals surface area contributed by atoms with Crippen LogP contribution in [0.2, 0.25) is 0 Å². The third kappa shape index (κ3) is 1.83. The summed E-state index contributed by atoms with van der Waals surface area (Å²) in [5, 5.41) is 10.5. The quantitative estimate of drug-likeness (QED) is 0.581. The van der Waals surface area contributed by atoms with Gasteiger partial charge in [0, 0.05) is 6.21 Å². The van der Waals surface area contributed by atoms with Crippen molar-refractivity contribution < 1.29 is 0 Å². The highest BCUT2D eigenvalue weighted by Crippen LogP contribution is 1.94. The lowest BCUT2D eigenvalue weighted by Gasteiger charge is -2.11. The minimum absolute atomic E-state index is 0.410. The van der Waals surface area contributed by atoms with E-state index >= 15 is 0 Å². The van der Waals surface area contributed by atoms with Crippen molar-refractivity contribution in [2.75, 3.05) is 0 Å². The van der Waals surface area contributed by atoms with E-state index in [2.05, 4.69) is 22.4 Å². The van der Waals surface area contributed by atoms with E-state index < -0.39 is 0 Å². The van der Waals surface area contributed by atoms with Crippen molar-refractivity contribution in [3.63, 3.8) is 0 Å². The zero-order valence-electron chi connectivity index (χ0n) is 5.54. The van der Waals surface area contributed by atoms with Gasteiger partial charge >= 0.3 is 0 Å². The molecule has 0 fully saturated rings. The lowest BCUT2D eigenvalue weighted by molar-refractivity contribution is 0.680. The Morgan fingerprint density at radius 2 is 2.44 bits per heavy atom. The molecule has 0 amide bonds. The fourth-order valence-electron chi connectivity index (χ4n) is 0.793. The summed E-state index contributed by atoms with van der Waals surface area (Å²) in [6.07, 6.45) is 5.79. The van der Waals surface area contributed by atoms with Gasteiger partial charge in [-0.15, -0.1) is 5.10 Å². The Hall–Kier alpha value is -0.860. The summed E-state index contributed by atoms with van der Waals surface area (Å²) in [7, 11) is 0. The Bertz CT molecular complexity index is 128. The normalized spacial score (nSPS) is 23.9. The Morgan fingerprint density at radius 1 is 1.56 bits per heavy atom. The molecule has 50 valence electrons. The molecule has 0 saturated carbocycles. The zero-order chi connectivity index (χ0) is 6.53. The molecule has 0 spiro atoms. The molecule has 1 unspecified atom stereocenters. The van der Waals surface area contributed by atoms with Crippen LogP contribution in [-0.4, -0.2) is 18.6 Å². The lowest BCUT2D eigenvalue weighted by Crippen LogP contribution is -2.30. The third-order valence-electron chi connectivity index (χ3n) is 1.26. The van der Waals surface area contributed by atoms with Crippen molar-refractivity contribution in [1.29, 1.82) is 0 Å². The van der Waals surface area contributed by atoms with Crippen LogP contribution in [-0.2, 0) is 0 Å². The van der Waals surface area contributed by atoms with Gasteiger partial charge in [-0.05, 0) is 6.42 Å². The van der Waals surface area contributed by atoms with Gasteiger partial charge in [0.2, 0.25) is 0 Å². The van der Waals surface area contributed by atoms with E-state index in [9.17, 15) is 0 Å². The highest BCUT2D eigenvalue weighted by Gasteiger charge is 2.02. The Labute approximate surface area is 54.9 Å². The van der Waals surface area contributed by atoms with Crippen LogP contribution < -0.4 is 5.32 Å². The van der Waals surface area contributed by atoms with Gasteiger partial charge in [0.05, 0.1) is 6.04 Å². The van der Waals surface area contributed by atoms with Crippen molar-refractivity contribution in [2.24, 2.45) is 10.2 Å². The molecule has 0 aromatic heterocycles. The Balaban J connectivity index is 2.28. The summed E-state index contributed by atoms with van der Waals surface area (Å²) in [6.45, 7) is 2.15. The molecule has 0 aliphatic carbocycles. The summed E-state index contributed by atoms with van der Waals surface area (Å²) < 4.78 is 0. The van der Waals surface area contributed by atoms with Crippen LogP contribution >= 0.6 is 0 Å². The molecule has 3 heteroatoms. The fraction of sp³-hybridized carbons (Fsp3) is 0.667. The predicted molar refractivity (Wildman–Crippen MR) is 38.8 cm³/mol. The summed E-state index contributed by atoms with van der Waals surface area (Å²) in [5.41, 5.74) is 0. The Kier molecular flexibility index (Phi) is 2.24. The average Bonchev–Trinajstić information content (AvgIpc) is 1.91. The molecule has 0 bridgehead atoms. The van der Waals surface area contributed by atoms with Crippen molar-refractivity contribution in [3.05, 3.63) is 0 Å². The van der Waals surface area contributed by atoms with Crippen molar-refractivity contribution >= 4 is 12.6 Å². The molecule has 1 aliphatic rings. The maximum atomic E-state index is 3.76. The van der Waals surface area contributed by atoms with E-state index in [1.54, 1.807) is 6.34 Å². The standard InChI is InChI=1S/C6H11N3/c1-2-3-6-4-8-9-5-7-6/h4-6H,2-3H2,1H3,(H,7,9). The van der Waals surface area contributed by atoms with E-state index in [1.807, 2.05) is 6.21 Å². The van der Waals surface area contributed by atoms with Crippen LogP contribution in [0, 0.1) is 0 Å². The summed E-state index contributed by atoms with van der Waals surface area (Å²) in [4.78, 5) is 0. The summed E-state index contributed by atoms with van der Waals surface area (Å²) in [5.74, 6) is 0. The van der Waals surface area contributed by atoms with Crippen LogP contribution in [0.4, 0.5) is 0 Å². The first kappa shape index (κ1) is 6.26. The predicted octanol–water partition coefficient (Wildman–Crippen LogP) is 0.772.